The van der Waals surface area contributed by atoms with Crippen LogP contribution in [0.1, 0.15) is 23.0 Å². The minimum Gasteiger partial charge on any atom is -0.460 e. The number of anilines is 1. The van der Waals surface area contributed by atoms with Crippen molar-refractivity contribution in [2.75, 3.05) is 5.43 Å². The van der Waals surface area contributed by atoms with Gasteiger partial charge < -0.3 is 4.42 Å². The zero-order valence-electron chi connectivity index (χ0n) is 12.1. The fraction of sp³-hybridized carbons (Fsp3) is 0.133. The fourth-order valence-electron chi connectivity index (χ4n) is 1.74. The summed E-state index contributed by atoms with van der Waals surface area (Å²) in [5, 5.41) is 3.63. The second kappa shape index (κ2) is 7.00. The highest BCUT2D eigenvalue weighted by Gasteiger charge is 2.30. The van der Waals surface area contributed by atoms with Crippen molar-refractivity contribution in [2.45, 2.75) is 13.1 Å². The summed E-state index contributed by atoms with van der Waals surface area (Å²) >= 11 is 3.09. The number of ketones is 2. The second-order valence-corrected chi connectivity index (χ2v) is 5.49. The van der Waals surface area contributed by atoms with Crippen LogP contribution in [0.4, 0.5) is 18.9 Å². The Labute approximate surface area is 142 Å². The number of carbonyl (C=O) groups is 2. The van der Waals surface area contributed by atoms with Crippen LogP contribution in [0.3, 0.4) is 0 Å². The van der Waals surface area contributed by atoms with Gasteiger partial charge in [0.1, 0.15) is 0 Å². The van der Waals surface area contributed by atoms with Crippen molar-refractivity contribution in [3.63, 3.8) is 0 Å². The fourth-order valence-corrected chi connectivity index (χ4v) is 2.12. The van der Waals surface area contributed by atoms with Crippen molar-refractivity contribution in [3.05, 3.63) is 52.4 Å². The number of carbonyl (C=O) groups excluding carboxylic acids is 2. The molecule has 0 fully saturated rings. The lowest BCUT2D eigenvalue weighted by Crippen LogP contribution is -2.23. The number of nitrogens with one attached hydrogen (secondary N) is 1. The lowest BCUT2D eigenvalue weighted by molar-refractivity contribution is -0.137. The van der Waals surface area contributed by atoms with Crippen LogP contribution in [0.15, 0.2) is 50.6 Å². The van der Waals surface area contributed by atoms with E-state index in [2.05, 4.69) is 26.5 Å². The molecule has 0 aliphatic carbocycles. The third-order valence-electron chi connectivity index (χ3n) is 2.86. The van der Waals surface area contributed by atoms with Crippen LogP contribution in [0.5, 0.6) is 0 Å². The summed E-state index contributed by atoms with van der Waals surface area (Å²) in [6.45, 7) is 1.11. The number of Topliss-reactive ketones (excluding diaryl/α,β-unsaturated/α-hetero) is 2. The zero-order chi connectivity index (χ0) is 17.9. The Kier molecular flexibility index (Phi) is 5.23. The van der Waals surface area contributed by atoms with E-state index >= 15 is 0 Å². The Balaban J connectivity index is 2.29. The van der Waals surface area contributed by atoms with Gasteiger partial charge in [-0.25, -0.2) is 0 Å². The number of benzene rings is 1. The van der Waals surface area contributed by atoms with E-state index in [1.165, 1.54) is 24.5 Å². The minimum atomic E-state index is -4.51. The molecule has 9 heteroatoms. The van der Waals surface area contributed by atoms with E-state index in [1.807, 2.05) is 0 Å². The molecule has 0 atom stereocenters. The number of hydrazone groups is 1. The first kappa shape index (κ1) is 17.9. The molecule has 0 saturated heterocycles. The molecule has 0 bridgehead atoms. The summed E-state index contributed by atoms with van der Waals surface area (Å²) in [5.74, 6) is -1.59. The molecule has 0 aliphatic rings. The molecular weight excluding hydrogens is 393 g/mol. The molecule has 2 aromatic rings. The zero-order valence-corrected chi connectivity index (χ0v) is 13.7. The maximum absolute atomic E-state index is 12.7. The summed E-state index contributed by atoms with van der Waals surface area (Å²) in [6.07, 6.45) is -3.27. The Bertz CT molecular complexity index is 812. The van der Waals surface area contributed by atoms with Gasteiger partial charge in [-0.3, -0.25) is 15.0 Å². The maximum Gasteiger partial charge on any atom is 0.416 e. The summed E-state index contributed by atoms with van der Waals surface area (Å²) in [4.78, 5) is 23.8. The van der Waals surface area contributed by atoms with Crippen LogP contribution in [0, 0.1) is 0 Å². The number of alkyl halides is 3. The molecule has 0 radical (unpaired) electrons. The Hall–Kier alpha value is -2.42. The van der Waals surface area contributed by atoms with Gasteiger partial charge in [-0.05, 0) is 40.2 Å². The lowest BCUT2D eigenvalue weighted by atomic mass is 10.1. The second-order valence-electron chi connectivity index (χ2n) is 4.63. The van der Waals surface area contributed by atoms with Crippen molar-refractivity contribution < 1.29 is 27.2 Å². The van der Waals surface area contributed by atoms with E-state index in [-0.39, 0.29) is 11.4 Å². The predicted octanol–water partition coefficient (Wildman–Crippen LogP) is 4.30. The smallest absolute Gasteiger partial charge is 0.416 e. The summed E-state index contributed by atoms with van der Waals surface area (Å²) < 4.78 is 43.3. The molecule has 126 valence electrons. The van der Waals surface area contributed by atoms with Gasteiger partial charge in [-0.2, -0.15) is 18.3 Å². The highest BCUT2D eigenvalue weighted by atomic mass is 79.9. The molecule has 0 spiro atoms. The van der Waals surface area contributed by atoms with E-state index in [0.29, 0.717) is 4.47 Å². The first-order chi connectivity index (χ1) is 11.2. The monoisotopic (exact) mass is 402 g/mol. The first-order valence-corrected chi connectivity index (χ1v) is 7.29. The average molecular weight is 403 g/mol. The Morgan fingerprint density at radius 2 is 1.96 bits per heavy atom. The lowest BCUT2D eigenvalue weighted by Gasteiger charge is -2.08. The van der Waals surface area contributed by atoms with Gasteiger partial charge in [0.2, 0.25) is 0 Å². The molecule has 1 N–H and O–H groups in total. The number of furan rings is 1. The first-order valence-electron chi connectivity index (χ1n) is 6.49. The summed E-state index contributed by atoms with van der Waals surface area (Å²) in [7, 11) is 0. The molecule has 1 aromatic carbocycles. The van der Waals surface area contributed by atoms with E-state index in [1.54, 1.807) is 0 Å². The van der Waals surface area contributed by atoms with Gasteiger partial charge in [0, 0.05) is 6.92 Å². The van der Waals surface area contributed by atoms with Gasteiger partial charge >= 0.3 is 6.18 Å². The van der Waals surface area contributed by atoms with E-state index in [0.717, 1.165) is 19.1 Å². The third kappa shape index (κ3) is 4.10. The third-order valence-corrected chi connectivity index (χ3v) is 3.48. The largest absolute Gasteiger partial charge is 0.460 e. The SMILES string of the molecule is CC(=O)/C(=N\Nc1cccc(C(F)(F)F)c1)C(=O)c1occc1Br. The Morgan fingerprint density at radius 3 is 2.50 bits per heavy atom. The van der Waals surface area contributed by atoms with E-state index < -0.39 is 29.0 Å². The molecule has 0 saturated carbocycles. The van der Waals surface area contributed by atoms with Crippen LogP contribution in [-0.2, 0) is 11.0 Å². The topological polar surface area (TPSA) is 71.7 Å². The Morgan fingerprint density at radius 1 is 1.25 bits per heavy atom. The summed E-state index contributed by atoms with van der Waals surface area (Å²) in [5.41, 5.74) is 0.892. The van der Waals surface area contributed by atoms with Gasteiger partial charge in [-0.1, -0.05) is 6.07 Å². The highest BCUT2D eigenvalue weighted by Crippen LogP contribution is 2.30. The van der Waals surface area contributed by atoms with Crippen LogP contribution in [0.25, 0.3) is 0 Å². The molecule has 0 aliphatic heterocycles. The number of rotatable bonds is 5. The van der Waals surface area contributed by atoms with Crippen LogP contribution >= 0.6 is 15.9 Å². The minimum absolute atomic E-state index is 0.0186. The van der Waals surface area contributed by atoms with Crippen molar-refractivity contribution in [1.82, 2.24) is 0 Å². The van der Waals surface area contributed by atoms with E-state index in [4.69, 9.17) is 4.42 Å². The average Bonchev–Trinajstić information content (AvgIpc) is 2.92. The van der Waals surface area contributed by atoms with E-state index in [9.17, 15) is 22.8 Å². The standard InChI is InChI=1S/C15H10BrF3N2O3/c1-8(22)12(13(23)14-11(16)5-6-24-14)21-20-10-4-2-3-9(7-10)15(17,18)19/h2-7,20H,1H3/b21-12+. The summed E-state index contributed by atoms with van der Waals surface area (Å²) in [6, 6.07) is 5.68. The van der Waals surface area contributed by atoms with Crippen LogP contribution in [-0.4, -0.2) is 17.3 Å². The molecule has 2 rings (SSSR count). The predicted molar refractivity (Wildman–Crippen MR) is 83.9 cm³/mol. The van der Waals surface area contributed by atoms with Gasteiger partial charge in [0.05, 0.1) is 22.0 Å². The number of nitrogens with zero attached hydrogens (tertiary/aromatic N) is 1. The van der Waals surface area contributed by atoms with Gasteiger partial charge in [0.25, 0.3) is 5.78 Å². The van der Waals surface area contributed by atoms with Crippen molar-refractivity contribution in [1.29, 1.82) is 0 Å². The van der Waals surface area contributed by atoms with Crippen molar-refractivity contribution >= 4 is 38.9 Å². The van der Waals surface area contributed by atoms with Crippen LogP contribution in [0.2, 0.25) is 0 Å². The van der Waals surface area contributed by atoms with Gasteiger partial charge in [0.15, 0.2) is 17.3 Å². The molecule has 5 nitrogen and oxygen atoms in total. The molecule has 0 unspecified atom stereocenters. The number of halogens is 4. The van der Waals surface area contributed by atoms with Crippen LogP contribution < -0.4 is 5.43 Å². The highest BCUT2D eigenvalue weighted by molar-refractivity contribution is 9.10. The van der Waals surface area contributed by atoms with Crippen molar-refractivity contribution in [3.8, 4) is 0 Å². The molecule has 0 amide bonds. The normalized spacial score (nSPS) is 12.1. The molecular formula is C15H10BrF3N2O3. The molecule has 1 heterocycles. The molecule has 1 aromatic heterocycles. The van der Waals surface area contributed by atoms with Crippen molar-refractivity contribution in [2.24, 2.45) is 5.10 Å². The number of hydrogen-bond donors (Lipinski definition) is 1. The van der Waals surface area contributed by atoms with Gasteiger partial charge in [-0.15, -0.1) is 0 Å². The molecule has 24 heavy (non-hydrogen) atoms. The quantitative estimate of drug-likeness (QED) is 0.350. The maximum atomic E-state index is 12.7. The number of hydrogen-bond acceptors (Lipinski definition) is 5.